The number of piperidine rings is 1. The maximum Gasteiger partial charge on any atom is 0.238 e. The molecular weight excluding hydrogens is 290 g/mol. The summed E-state index contributed by atoms with van der Waals surface area (Å²) in [7, 11) is -3.35. The Kier molecular flexibility index (Phi) is 4.95. The fourth-order valence-electron chi connectivity index (χ4n) is 2.47. The summed E-state index contributed by atoms with van der Waals surface area (Å²) < 4.78 is 24.8. The van der Waals surface area contributed by atoms with Crippen LogP contribution in [0, 0.1) is 6.92 Å². The zero-order valence-corrected chi connectivity index (χ0v) is 13.2. The van der Waals surface area contributed by atoms with E-state index in [0.717, 1.165) is 30.4 Å². The maximum absolute atomic E-state index is 12.3. The molecular formula is C14H21N3O3S. The molecule has 0 bridgehead atoms. The van der Waals surface area contributed by atoms with Crippen molar-refractivity contribution in [2.45, 2.75) is 38.8 Å². The average Bonchev–Trinajstić information content (AvgIpc) is 2.45. The normalized spacial score (nSPS) is 20.2. The molecule has 2 heterocycles. The Balaban J connectivity index is 1.99. The van der Waals surface area contributed by atoms with Crippen molar-refractivity contribution in [3.8, 4) is 0 Å². The van der Waals surface area contributed by atoms with Crippen molar-refractivity contribution < 1.29 is 13.2 Å². The summed E-state index contributed by atoms with van der Waals surface area (Å²) in [6.07, 6.45) is 5.12. The lowest BCUT2D eigenvalue weighted by Gasteiger charge is -2.32. The van der Waals surface area contributed by atoms with E-state index in [4.69, 9.17) is 0 Å². The second-order valence-corrected chi connectivity index (χ2v) is 7.35. The highest BCUT2D eigenvalue weighted by atomic mass is 32.2. The topological polar surface area (TPSA) is 79.4 Å². The third-order valence-electron chi connectivity index (χ3n) is 3.62. The second-order valence-electron chi connectivity index (χ2n) is 5.41. The zero-order chi connectivity index (χ0) is 15.5. The van der Waals surface area contributed by atoms with Crippen LogP contribution in [0.25, 0.3) is 0 Å². The van der Waals surface area contributed by atoms with Crippen molar-refractivity contribution in [2.24, 2.45) is 0 Å². The smallest absolute Gasteiger partial charge is 0.238 e. The predicted octanol–water partition coefficient (Wildman–Crippen LogP) is 0.820. The highest BCUT2D eigenvalue weighted by molar-refractivity contribution is 7.88. The molecule has 7 heteroatoms. The molecule has 21 heavy (non-hydrogen) atoms. The molecule has 0 aromatic carbocycles. The third kappa shape index (κ3) is 4.25. The van der Waals surface area contributed by atoms with Crippen molar-refractivity contribution in [1.82, 2.24) is 14.6 Å². The first-order chi connectivity index (χ1) is 9.88. The number of nitrogens with zero attached hydrogens (tertiary/aromatic N) is 2. The summed E-state index contributed by atoms with van der Waals surface area (Å²) in [5.74, 6) is -0.235. The van der Waals surface area contributed by atoms with Gasteiger partial charge in [0.1, 0.15) is 6.04 Å². The first-order valence-corrected chi connectivity index (χ1v) is 8.89. The van der Waals surface area contributed by atoms with Crippen LogP contribution in [0.3, 0.4) is 0 Å². The molecule has 1 saturated heterocycles. The van der Waals surface area contributed by atoms with E-state index in [1.165, 1.54) is 4.31 Å². The molecule has 1 N–H and O–H groups in total. The van der Waals surface area contributed by atoms with Crippen LogP contribution >= 0.6 is 0 Å². The molecule has 116 valence electrons. The number of aryl methyl sites for hydroxylation is 1. The largest absolute Gasteiger partial charge is 0.351 e. The Hall–Kier alpha value is -1.47. The number of rotatable bonds is 4. The molecule has 1 amide bonds. The highest BCUT2D eigenvalue weighted by Gasteiger charge is 2.34. The summed E-state index contributed by atoms with van der Waals surface area (Å²) >= 11 is 0. The zero-order valence-electron chi connectivity index (χ0n) is 12.4. The second kappa shape index (κ2) is 6.53. The van der Waals surface area contributed by atoms with Gasteiger partial charge in [-0.25, -0.2) is 8.42 Å². The van der Waals surface area contributed by atoms with Crippen molar-refractivity contribution in [2.75, 3.05) is 12.8 Å². The van der Waals surface area contributed by atoms with Gasteiger partial charge in [0.2, 0.25) is 15.9 Å². The molecule has 6 nitrogen and oxygen atoms in total. The number of carbonyl (C=O) groups excluding carboxylic acids is 1. The van der Waals surface area contributed by atoms with E-state index in [0.29, 0.717) is 19.5 Å². The van der Waals surface area contributed by atoms with Crippen LogP contribution < -0.4 is 5.32 Å². The highest BCUT2D eigenvalue weighted by Crippen LogP contribution is 2.20. The Bertz CT molecular complexity index is 598. The summed E-state index contributed by atoms with van der Waals surface area (Å²) in [4.78, 5) is 16.4. The van der Waals surface area contributed by atoms with Gasteiger partial charge >= 0.3 is 0 Å². The number of pyridine rings is 1. The minimum absolute atomic E-state index is 0.235. The maximum atomic E-state index is 12.3. The predicted molar refractivity (Wildman–Crippen MR) is 80.0 cm³/mol. The first kappa shape index (κ1) is 15.9. The molecule has 1 aromatic rings. The van der Waals surface area contributed by atoms with Crippen LogP contribution in [0.15, 0.2) is 18.3 Å². The molecule has 0 aliphatic carbocycles. The van der Waals surface area contributed by atoms with Gasteiger partial charge in [-0.3, -0.25) is 9.78 Å². The lowest BCUT2D eigenvalue weighted by atomic mass is 10.0. The van der Waals surface area contributed by atoms with E-state index in [2.05, 4.69) is 10.3 Å². The van der Waals surface area contributed by atoms with Gasteiger partial charge in [0.05, 0.1) is 6.26 Å². The van der Waals surface area contributed by atoms with Crippen LogP contribution in [0.2, 0.25) is 0 Å². The minimum Gasteiger partial charge on any atom is -0.351 e. The molecule has 1 aliphatic rings. The number of aromatic nitrogens is 1. The van der Waals surface area contributed by atoms with Crippen LogP contribution in [-0.4, -0.2) is 42.5 Å². The third-order valence-corrected chi connectivity index (χ3v) is 4.91. The lowest BCUT2D eigenvalue weighted by Crippen LogP contribution is -2.51. The van der Waals surface area contributed by atoms with E-state index >= 15 is 0 Å². The van der Waals surface area contributed by atoms with Gasteiger partial charge in [-0.15, -0.1) is 0 Å². The molecule has 1 aliphatic heterocycles. The molecule has 1 atom stereocenters. The lowest BCUT2D eigenvalue weighted by molar-refractivity contribution is -0.125. The number of nitrogens with one attached hydrogen (secondary N) is 1. The number of amides is 1. The number of hydrogen-bond acceptors (Lipinski definition) is 4. The van der Waals surface area contributed by atoms with Crippen molar-refractivity contribution in [3.05, 3.63) is 29.6 Å². The van der Waals surface area contributed by atoms with Gasteiger partial charge in [-0.2, -0.15) is 4.31 Å². The van der Waals surface area contributed by atoms with Gasteiger partial charge in [0.15, 0.2) is 0 Å². The fraction of sp³-hybridized carbons (Fsp3) is 0.571. The number of hydrogen-bond donors (Lipinski definition) is 1. The van der Waals surface area contributed by atoms with E-state index in [9.17, 15) is 13.2 Å². The monoisotopic (exact) mass is 311 g/mol. The number of sulfonamides is 1. The average molecular weight is 311 g/mol. The molecule has 2 rings (SSSR count). The quantitative estimate of drug-likeness (QED) is 0.893. The summed E-state index contributed by atoms with van der Waals surface area (Å²) in [5.41, 5.74) is 1.82. The molecule has 1 aromatic heterocycles. The minimum atomic E-state index is -3.35. The molecule has 0 spiro atoms. The van der Waals surface area contributed by atoms with Crippen LogP contribution in [-0.2, 0) is 21.4 Å². The molecule has 0 saturated carbocycles. The van der Waals surface area contributed by atoms with Gasteiger partial charge < -0.3 is 5.32 Å². The summed E-state index contributed by atoms with van der Waals surface area (Å²) in [5, 5.41) is 2.81. The van der Waals surface area contributed by atoms with Crippen molar-refractivity contribution in [3.63, 3.8) is 0 Å². The Morgan fingerprint density at radius 1 is 1.43 bits per heavy atom. The van der Waals surface area contributed by atoms with E-state index in [1.54, 1.807) is 6.20 Å². The standard InChI is InChI=1S/C14H21N3O3S/c1-11-6-7-12(9-15-11)10-16-14(18)13-5-3-4-8-17(13)21(2,19)20/h6-7,9,13H,3-5,8,10H2,1-2H3,(H,16,18). The van der Waals surface area contributed by atoms with Gasteiger partial charge in [0, 0.05) is 25.0 Å². The van der Waals surface area contributed by atoms with Gasteiger partial charge in [-0.1, -0.05) is 12.5 Å². The Labute approximate surface area is 125 Å². The van der Waals surface area contributed by atoms with Crippen LogP contribution in [0.1, 0.15) is 30.5 Å². The molecule has 1 unspecified atom stereocenters. The Morgan fingerprint density at radius 2 is 2.19 bits per heavy atom. The Morgan fingerprint density at radius 3 is 2.81 bits per heavy atom. The van der Waals surface area contributed by atoms with Gasteiger partial charge in [0.25, 0.3) is 0 Å². The van der Waals surface area contributed by atoms with Crippen LogP contribution in [0.4, 0.5) is 0 Å². The van der Waals surface area contributed by atoms with Crippen molar-refractivity contribution >= 4 is 15.9 Å². The summed E-state index contributed by atoms with van der Waals surface area (Å²) in [6, 6.07) is 3.19. The van der Waals surface area contributed by atoms with Crippen molar-refractivity contribution in [1.29, 1.82) is 0 Å². The molecule has 1 fully saturated rings. The number of carbonyl (C=O) groups is 1. The van der Waals surface area contributed by atoms with Gasteiger partial charge in [-0.05, 0) is 31.4 Å². The van der Waals surface area contributed by atoms with Crippen LogP contribution in [0.5, 0.6) is 0 Å². The fourth-order valence-corrected chi connectivity index (χ4v) is 3.60. The molecule has 0 radical (unpaired) electrons. The van der Waals surface area contributed by atoms with E-state index < -0.39 is 16.1 Å². The van der Waals surface area contributed by atoms with E-state index in [-0.39, 0.29) is 5.91 Å². The van der Waals surface area contributed by atoms with E-state index in [1.807, 2.05) is 19.1 Å². The summed E-state index contributed by atoms with van der Waals surface area (Å²) in [6.45, 7) is 2.68. The first-order valence-electron chi connectivity index (χ1n) is 7.04. The SMILES string of the molecule is Cc1ccc(CNC(=O)C2CCCCN2S(C)(=O)=O)cn1.